The highest BCUT2D eigenvalue weighted by molar-refractivity contribution is 7.99. The number of aromatic nitrogens is 3. The minimum atomic E-state index is 0.102. The maximum absolute atomic E-state index is 5.42. The highest BCUT2D eigenvalue weighted by Crippen LogP contribution is 2.46. The Morgan fingerprint density at radius 2 is 2.12 bits per heavy atom. The van der Waals surface area contributed by atoms with Crippen molar-refractivity contribution in [2.75, 3.05) is 12.4 Å². The van der Waals surface area contributed by atoms with Gasteiger partial charge in [-0.2, -0.15) is 0 Å². The van der Waals surface area contributed by atoms with Crippen LogP contribution in [0.2, 0.25) is 0 Å². The van der Waals surface area contributed by atoms with Gasteiger partial charge in [0.1, 0.15) is 5.82 Å². The molecule has 3 aliphatic rings. The van der Waals surface area contributed by atoms with Crippen molar-refractivity contribution < 1.29 is 4.74 Å². The van der Waals surface area contributed by atoms with Crippen LogP contribution in [0.4, 0.5) is 0 Å². The first kappa shape index (κ1) is 10.4. The van der Waals surface area contributed by atoms with E-state index in [2.05, 4.69) is 21.7 Å². The molecule has 1 aromatic rings. The third-order valence-electron chi connectivity index (χ3n) is 3.69. The number of epoxide rings is 1. The van der Waals surface area contributed by atoms with E-state index < -0.39 is 0 Å². The maximum atomic E-state index is 5.42. The Morgan fingerprint density at radius 1 is 1.35 bits per heavy atom. The third kappa shape index (κ3) is 1.99. The SMILES string of the molecule is CC1(CSc2nnc(C3CC3)n2C2CC2)CO1. The van der Waals surface area contributed by atoms with E-state index in [-0.39, 0.29) is 5.60 Å². The van der Waals surface area contributed by atoms with Crippen LogP contribution in [0.25, 0.3) is 0 Å². The zero-order chi connectivity index (χ0) is 11.5. The van der Waals surface area contributed by atoms with Gasteiger partial charge in [0, 0.05) is 17.7 Å². The van der Waals surface area contributed by atoms with Gasteiger partial charge in [-0.05, 0) is 32.6 Å². The minimum Gasteiger partial charge on any atom is -0.369 e. The summed E-state index contributed by atoms with van der Waals surface area (Å²) >= 11 is 1.82. The topological polar surface area (TPSA) is 43.2 Å². The molecule has 0 radical (unpaired) electrons. The second-order valence-electron chi connectivity index (χ2n) is 5.74. The van der Waals surface area contributed by atoms with Crippen LogP contribution >= 0.6 is 11.8 Å². The molecule has 2 aliphatic carbocycles. The fourth-order valence-corrected chi connectivity index (χ4v) is 3.19. The smallest absolute Gasteiger partial charge is 0.191 e. The van der Waals surface area contributed by atoms with Crippen molar-refractivity contribution in [2.24, 2.45) is 0 Å². The molecular weight excluding hydrogens is 234 g/mol. The summed E-state index contributed by atoms with van der Waals surface area (Å²) in [6.07, 6.45) is 5.21. The lowest BCUT2D eigenvalue weighted by Crippen LogP contribution is -2.09. The van der Waals surface area contributed by atoms with E-state index in [1.54, 1.807) is 0 Å². The lowest BCUT2D eigenvalue weighted by atomic mass is 10.3. The second-order valence-corrected chi connectivity index (χ2v) is 6.69. The van der Waals surface area contributed by atoms with Gasteiger partial charge in [0.05, 0.1) is 12.2 Å². The molecule has 0 amide bonds. The van der Waals surface area contributed by atoms with Gasteiger partial charge >= 0.3 is 0 Å². The van der Waals surface area contributed by atoms with Crippen LogP contribution < -0.4 is 0 Å². The monoisotopic (exact) mass is 251 g/mol. The summed E-state index contributed by atoms with van der Waals surface area (Å²) in [6.45, 7) is 3.06. The number of rotatable bonds is 5. The van der Waals surface area contributed by atoms with Gasteiger partial charge in [0.25, 0.3) is 0 Å². The van der Waals surface area contributed by atoms with Gasteiger partial charge in [-0.3, -0.25) is 0 Å². The molecule has 5 heteroatoms. The lowest BCUT2D eigenvalue weighted by Gasteiger charge is -2.09. The largest absolute Gasteiger partial charge is 0.369 e. The van der Waals surface area contributed by atoms with E-state index in [1.165, 1.54) is 31.5 Å². The molecule has 0 aromatic carbocycles. The highest BCUT2D eigenvalue weighted by Gasteiger charge is 2.41. The standard InChI is InChI=1S/C12H17N3OS/c1-12(6-16-12)7-17-11-14-13-10(8-2-3-8)15(11)9-4-5-9/h8-9H,2-7H2,1H3. The summed E-state index contributed by atoms with van der Waals surface area (Å²) in [5.41, 5.74) is 0.102. The number of hydrogen-bond donors (Lipinski definition) is 0. The predicted molar refractivity (Wildman–Crippen MR) is 65.3 cm³/mol. The summed E-state index contributed by atoms with van der Waals surface area (Å²) in [5, 5.41) is 9.92. The molecule has 92 valence electrons. The molecule has 1 unspecified atom stereocenters. The van der Waals surface area contributed by atoms with Crippen LogP contribution in [0.1, 0.15) is 50.4 Å². The van der Waals surface area contributed by atoms with Crippen LogP contribution in [-0.2, 0) is 4.74 Å². The molecule has 1 atom stereocenters. The molecule has 1 aliphatic heterocycles. The Kier molecular flexibility index (Phi) is 2.12. The fraction of sp³-hybridized carbons (Fsp3) is 0.833. The number of thioether (sulfide) groups is 1. The highest BCUT2D eigenvalue weighted by atomic mass is 32.2. The molecule has 0 N–H and O–H groups in total. The van der Waals surface area contributed by atoms with E-state index in [0.717, 1.165) is 17.5 Å². The first-order valence-electron chi connectivity index (χ1n) is 6.47. The predicted octanol–water partition coefficient (Wildman–Crippen LogP) is 2.37. The molecule has 2 saturated carbocycles. The van der Waals surface area contributed by atoms with Crippen LogP contribution in [0.5, 0.6) is 0 Å². The Hall–Kier alpha value is -0.550. The van der Waals surface area contributed by atoms with Crippen molar-refractivity contribution in [3.05, 3.63) is 5.82 Å². The second kappa shape index (κ2) is 3.48. The van der Waals surface area contributed by atoms with Crippen molar-refractivity contribution in [2.45, 2.75) is 55.3 Å². The van der Waals surface area contributed by atoms with Crippen molar-refractivity contribution >= 4 is 11.8 Å². The molecule has 4 nitrogen and oxygen atoms in total. The molecule has 0 bridgehead atoms. The summed E-state index contributed by atoms with van der Waals surface area (Å²) in [5.74, 6) is 2.95. The molecule has 2 heterocycles. The number of hydrogen-bond acceptors (Lipinski definition) is 4. The van der Waals surface area contributed by atoms with E-state index >= 15 is 0 Å². The zero-order valence-electron chi connectivity index (χ0n) is 10.1. The van der Waals surface area contributed by atoms with Crippen molar-refractivity contribution in [3.63, 3.8) is 0 Å². The Bertz CT molecular complexity index is 447. The first-order valence-corrected chi connectivity index (χ1v) is 7.45. The average molecular weight is 251 g/mol. The fourth-order valence-electron chi connectivity index (χ4n) is 2.11. The van der Waals surface area contributed by atoms with Gasteiger partial charge in [0.2, 0.25) is 0 Å². The Morgan fingerprint density at radius 3 is 2.71 bits per heavy atom. The van der Waals surface area contributed by atoms with Gasteiger partial charge < -0.3 is 9.30 Å². The first-order chi connectivity index (χ1) is 8.25. The summed E-state index contributed by atoms with van der Waals surface area (Å²) in [6, 6.07) is 0.691. The normalized spacial score (nSPS) is 31.8. The summed E-state index contributed by atoms with van der Waals surface area (Å²) < 4.78 is 7.83. The lowest BCUT2D eigenvalue weighted by molar-refractivity contribution is 0.348. The van der Waals surface area contributed by atoms with Crippen molar-refractivity contribution in [1.82, 2.24) is 14.8 Å². The van der Waals surface area contributed by atoms with E-state index in [0.29, 0.717) is 12.0 Å². The van der Waals surface area contributed by atoms with Crippen LogP contribution in [0.3, 0.4) is 0 Å². The van der Waals surface area contributed by atoms with Crippen molar-refractivity contribution in [1.29, 1.82) is 0 Å². The van der Waals surface area contributed by atoms with E-state index in [9.17, 15) is 0 Å². The van der Waals surface area contributed by atoms with Crippen molar-refractivity contribution in [3.8, 4) is 0 Å². The summed E-state index contributed by atoms with van der Waals surface area (Å²) in [7, 11) is 0. The Balaban J connectivity index is 1.56. The number of ether oxygens (including phenoxy) is 1. The van der Waals surface area contributed by atoms with Gasteiger partial charge in [-0.15, -0.1) is 10.2 Å². The summed E-state index contributed by atoms with van der Waals surface area (Å²) in [4.78, 5) is 0. The Labute approximate surface area is 105 Å². The molecule has 1 saturated heterocycles. The van der Waals surface area contributed by atoms with Crippen LogP contribution in [0, 0.1) is 0 Å². The average Bonchev–Trinajstić information content (AvgIpc) is 3.15. The minimum absolute atomic E-state index is 0.102. The van der Waals surface area contributed by atoms with E-state index in [1.807, 2.05) is 11.8 Å². The van der Waals surface area contributed by atoms with E-state index in [4.69, 9.17) is 4.74 Å². The molecule has 1 aromatic heterocycles. The quantitative estimate of drug-likeness (QED) is 0.595. The molecule has 4 rings (SSSR count). The molecular formula is C12H17N3OS. The molecule has 0 spiro atoms. The van der Waals surface area contributed by atoms with Crippen LogP contribution in [-0.4, -0.2) is 32.7 Å². The number of nitrogens with zero attached hydrogens (tertiary/aromatic N) is 3. The van der Waals surface area contributed by atoms with Gasteiger partial charge in [-0.1, -0.05) is 11.8 Å². The third-order valence-corrected chi connectivity index (χ3v) is 4.98. The molecule has 3 fully saturated rings. The van der Waals surface area contributed by atoms with Crippen LogP contribution in [0.15, 0.2) is 5.16 Å². The zero-order valence-corrected chi connectivity index (χ0v) is 10.9. The van der Waals surface area contributed by atoms with Gasteiger partial charge in [0.15, 0.2) is 5.16 Å². The molecule has 17 heavy (non-hydrogen) atoms. The van der Waals surface area contributed by atoms with Gasteiger partial charge in [-0.25, -0.2) is 0 Å². The maximum Gasteiger partial charge on any atom is 0.191 e.